The first-order valence-corrected chi connectivity index (χ1v) is 7.53. The molecule has 0 fully saturated rings. The van der Waals surface area contributed by atoms with Crippen LogP contribution in [0.4, 0.5) is 0 Å². The molecule has 0 saturated heterocycles. The van der Waals surface area contributed by atoms with Gasteiger partial charge >= 0.3 is 0 Å². The van der Waals surface area contributed by atoms with Crippen LogP contribution in [0.5, 0.6) is 5.75 Å². The summed E-state index contributed by atoms with van der Waals surface area (Å²) in [6.07, 6.45) is 2.47. The lowest BCUT2D eigenvalue weighted by Crippen LogP contribution is -2.11. The van der Waals surface area contributed by atoms with Gasteiger partial charge in [0.05, 0.1) is 20.0 Å². The third-order valence-electron chi connectivity index (χ3n) is 3.40. The van der Waals surface area contributed by atoms with E-state index in [9.17, 15) is 14.4 Å². The van der Waals surface area contributed by atoms with Crippen LogP contribution >= 0.6 is 0 Å². The topological polar surface area (TPSA) is 60.4 Å². The summed E-state index contributed by atoms with van der Waals surface area (Å²) < 4.78 is 5.02. The van der Waals surface area contributed by atoms with Gasteiger partial charge in [0.25, 0.3) is 0 Å². The van der Waals surface area contributed by atoms with Crippen LogP contribution in [-0.4, -0.2) is 24.5 Å². The highest BCUT2D eigenvalue weighted by Crippen LogP contribution is 2.13. The predicted molar refractivity (Wildman–Crippen MR) is 92.0 cm³/mol. The van der Waals surface area contributed by atoms with Crippen LogP contribution < -0.4 is 4.74 Å². The van der Waals surface area contributed by atoms with Crippen molar-refractivity contribution in [2.75, 3.05) is 7.11 Å². The van der Waals surface area contributed by atoms with Gasteiger partial charge in [0, 0.05) is 5.56 Å². The molecule has 0 heterocycles. The van der Waals surface area contributed by atoms with Crippen molar-refractivity contribution in [3.63, 3.8) is 0 Å². The third kappa shape index (κ3) is 5.32. The standard InChI is InChI=1S/C20H18O4/c1-24-19-11-8-16(9-12-19)20(23)14-18(22)13-17(21)10-7-15-5-3-2-4-6-15/h2-12H,13-14H2,1H3. The van der Waals surface area contributed by atoms with E-state index in [4.69, 9.17) is 4.74 Å². The summed E-state index contributed by atoms with van der Waals surface area (Å²) in [4.78, 5) is 35.7. The zero-order valence-electron chi connectivity index (χ0n) is 13.4. The molecule has 4 heteroatoms. The molecular formula is C20H18O4. The van der Waals surface area contributed by atoms with Crippen LogP contribution in [0.2, 0.25) is 0 Å². The van der Waals surface area contributed by atoms with Gasteiger partial charge in [0.15, 0.2) is 11.6 Å². The minimum Gasteiger partial charge on any atom is -0.497 e. The molecule has 0 aliphatic rings. The monoisotopic (exact) mass is 322 g/mol. The number of Topliss-reactive ketones (excluding diaryl/α,β-unsaturated/α-hetero) is 2. The Bertz CT molecular complexity index is 743. The first-order valence-electron chi connectivity index (χ1n) is 7.53. The van der Waals surface area contributed by atoms with E-state index in [0.29, 0.717) is 11.3 Å². The van der Waals surface area contributed by atoms with Gasteiger partial charge in [-0.1, -0.05) is 36.4 Å². The molecule has 0 amide bonds. The van der Waals surface area contributed by atoms with E-state index in [1.165, 1.54) is 13.2 Å². The highest BCUT2D eigenvalue weighted by atomic mass is 16.5. The molecule has 0 radical (unpaired) electrons. The Kier molecular flexibility index (Phi) is 6.20. The quantitative estimate of drug-likeness (QED) is 0.424. The van der Waals surface area contributed by atoms with Gasteiger partial charge < -0.3 is 4.74 Å². The van der Waals surface area contributed by atoms with Crippen LogP contribution in [0.1, 0.15) is 28.8 Å². The molecule has 2 rings (SSSR count). The second-order valence-electron chi connectivity index (χ2n) is 5.25. The lowest BCUT2D eigenvalue weighted by Gasteiger charge is -2.02. The summed E-state index contributed by atoms with van der Waals surface area (Å²) in [6, 6.07) is 15.9. The van der Waals surface area contributed by atoms with Gasteiger partial charge in [-0.15, -0.1) is 0 Å². The number of ketones is 3. The molecule has 24 heavy (non-hydrogen) atoms. The van der Waals surface area contributed by atoms with Gasteiger partial charge in [0.1, 0.15) is 11.5 Å². The van der Waals surface area contributed by atoms with Crippen LogP contribution in [-0.2, 0) is 9.59 Å². The number of carbonyl (C=O) groups excluding carboxylic acids is 3. The molecule has 0 unspecified atom stereocenters. The van der Waals surface area contributed by atoms with E-state index in [1.807, 2.05) is 30.3 Å². The van der Waals surface area contributed by atoms with Crippen LogP contribution in [0, 0.1) is 0 Å². The number of methoxy groups -OCH3 is 1. The van der Waals surface area contributed by atoms with Crippen molar-refractivity contribution < 1.29 is 19.1 Å². The molecule has 122 valence electrons. The fourth-order valence-electron chi connectivity index (χ4n) is 2.13. The average molecular weight is 322 g/mol. The van der Waals surface area contributed by atoms with Crippen LogP contribution in [0.3, 0.4) is 0 Å². The molecule has 0 aliphatic heterocycles. The number of carbonyl (C=O) groups is 3. The van der Waals surface area contributed by atoms with E-state index in [-0.39, 0.29) is 24.4 Å². The Morgan fingerprint density at radius 3 is 2.21 bits per heavy atom. The summed E-state index contributed by atoms with van der Waals surface area (Å²) >= 11 is 0. The maximum Gasteiger partial charge on any atom is 0.170 e. The van der Waals surface area contributed by atoms with Crippen molar-refractivity contribution >= 4 is 23.4 Å². The lowest BCUT2D eigenvalue weighted by molar-refractivity contribution is -0.124. The first kappa shape index (κ1) is 17.3. The number of benzene rings is 2. The second kappa shape index (κ2) is 8.58. The molecule has 0 atom stereocenters. The number of rotatable bonds is 8. The summed E-state index contributed by atoms with van der Waals surface area (Å²) in [5, 5.41) is 0. The van der Waals surface area contributed by atoms with Gasteiger partial charge in [-0.05, 0) is 35.9 Å². The summed E-state index contributed by atoms with van der Waals surface area (Å²) in [7, 11) is 1.54. The number of ether oxygens (including phenoxy) is 1. The molecule has 0 N–H and O–H groups in total. The minimum absolute atomic E-state index is 0.273. The SMILES string of the molecule is COc1ccc(C(=O)CC(=O)CC(=O)C=Cc2ccccc2)cc1. The fraction of sp³-hybridized carbons (Fsp3) is 0.150. The van der Waals surface area contributed by atoms with Gasteiger partial charge in [-0.3, -0.25) is 14.4 Å². The predicted octanol–water partition coefficient (Wildman–Crippen LogP) is 3.51. The molecular weight excluding hydrogens is 304 g/mol. The van der Waals surface area contributed by atoms with Crippen molar-refractivity contribution in [1.29, 1.82) is 0 Å². The van der Waals surface area contributed by atoms with Crippen molar-refractivity contribution in [1.82, 2.24) is 0 Å². The molecule has 0 aromatic heterocycles. The van der Waals surface area contributed by atoms with Crippen molar-refractivity contribution in [2.24, 2.45) is 0 Å². The first-order chi connectivity index (χ1) is 11.6. The van der Waals surface area contributed by atoms with E-state index in [1.54, 1.807) is 30.3 Å². The number of hydrogen-bond donors (Lipinski definition) is 0. The van der Waals surface area contributed by atoms with E-state index < -0.39 is 5.78 Å². The van der Waals surface area contributed by atoms with Crippen molar-refractivity contribution in [3.05, 3.63) is 71.8 Å². The maximum atomic E-state index is 12.0. The second-order valence-corrected chi connectivity index (χ2v) is 5.25. The summed E-state index contributed by atoms with van der Waals surface area (Å²) in [6.45, 7) is 0. The van der Waals surface area contributed by atoms with Crippen LogP contribution in [0.25, 0.3) is 6.08 Å². The molecule has 0 aliphatic carbocycles. The highest BCUT2D eigenvalue weighted by molar-refractivity contribution is 6.14. The van der Waals surface area contributed by atoms with Crippen molar-refractivity contribution in [2.45, 2.75) is 12.8 Å². The Labute approximate surface area is 140 Å². The molecule has 2 aromatic carbocycles. The number of hydrogen-bond acceptors (Lipinski definition) is 4. The third-order valence-corrected chi connectivity index (χ3v) is 3.40. The van der Waals surface area contributed by atoms with Crippen molar-refractivity contribution in [3.8, 4) is 5.75 Å². The van der Waals surface area contributed by atoms with E-state index >= 15 is 0 Å². The van der Waals surface area contributed by atoms with E-state index in [2.05, 4.69) is 0 Å². The Morgan fingerprint density at radius 1 is 0.917 bits per heavy atom. The Morgan fingerprint density at radius 2 is 1.58 bits per heavy atom. The average Bonchev–Trinajstić information content (AvgIpc) is 2.60. The molecule has 0 bridgehead atoms. The zero-order valence-corrected chi connectivity index (χ0v) is 13.4. The van der Waals surface area contributed by atoms with Gasteiger partial charge in [0.2, 0.25) is 0 Å². The smallest absolute Gasteiger partial charge is 0.170 e. The maximum absolute atomic E-state index is 12.0. The molecule has 0 spiro atoms. The fourth-order valence-corrected chi connectivity index (χ4v) is 2.13. The molecule has 4 nitrogen and oxygen atoms in total. The van der Waals surface area contributed by atoms with E-state index in [0.717, 1.165) is 5.56 Å². The minimum atomic E-state index is -0.390. The number of allylic oxidation sites excluding steroid dienone is 1. The van der Waals surface area contributed by atoms with Crippen LogP contribution in [0.15, 0.2) is 60.7 Å². The van der Waals surface area contributed by atoms with Gasteiger partial charge in [-0.25, -0.2) is 0 Å². The zero-order chi connectivity index (χ0) is 17.4. The van der Waals surface area contributed by atoms with Gasteiger partial charge in [-0.2, -0.15) is 0 Å². The Hall–Kier alpha value is -3.01. The molecule has 0 saturated carbocycles. The normalized spacial score (nSPS) is 10.5. The summed E-state index contributed by atoms with van der Waals surface area (Å²) in [5.41, 5.74) is 1.31. The largest absolute Gasteiger partial charge is 0.497 e. The molecule has 2 aromatic rings. The summed E-state index contributed by atoms with van der Waals surface area (Å²) in [5.74, 6) is -0.369. The Balaban J connectivity index is 1.86. The lowest BCUT2D eigenvalue weighted by atomic mass is 10.0. The highest BCUT2D eigenvalue weighted by Gasteiger charge is 2.14.